The van der Waals surface area contributed by atoms with E-state index in [1.807, 2.05) is 0 Å². The van der Waals surface area contributed by atoms with Gasteiger partial charge in [-0.15, -0.1) is 0 Å². The van der Waals surface area contributed by atoms with E-state index in [4.69, 9.17) is 0 Å². The van der Waals surface area contributed by atoms with Crippen LogP contribution in [0.25, 0.3) is 0 Å². The lowest BCUT2D eigenvalue weighted by Crippen LogP contribution is -2.19. The first kappa shape index (κ1) is 10.4. The third kappa shape index (κ3) is 2.94. The number of nitrogens with two attached hydrogens (primary N) is 1. The molecule has 0 saturated heterocycles. The SMILES string of the molecule is NS(=O)(=O)Oc1c(F)cccc1Br. The highest BCUT2D eigenvalue weighted by molar-refractivity contribution is 9.10. The molecule has 0 amide bonds. The molecule has 0 aromatic heterocycles. The second-order valence-electron chi connectivity index (χ2n) is 2.13. The normalized spacial score (nSPS) is 11.3. The number of benzene rings is 1. The topological polar surface area (TPSA) is 69.4 Å². The Morgan fingerprint density at radius 2 is 2.08 bits per heavy atom. The quantitative estimate of drug-likeness (QED) is 0.877. The number of para-hydroxylation sites is 1. The highest BCUT2D eigenvalue weighted by Crippen LogP contribution is 2.28. The Hall–Kier alpha value is -0.660. The third-order valence-corrected chi connectivity index (χ3v) is 2.14. The third-order valence-electron chi connectivity index (χ3n) is 1.12. The molecule has 4 nitrogen and oxygen atoms in total. The molecule has 0 atom stereocenters. The van der Waals surface area contributed by atoms with E-state index in [0.717, 1.165) is 6.07 Å². The van der Waals surface area contributed by atoms with E-state index in [0.29, 0.717) is 0 Å². The minimum atomic E-state index is -4.19. The Bertz CT molecular complexity index is 400. The monoisotopic (exact) mass is 269 g/mol. The fraction of sp³-hybridized carbons (Fsp3) is 0. The Balaban J connectivity index is 3.15. The maximum atomic E-state index is 12.9. The zero-order valence-corrected chi connectivity index (χ0v) is 8.60. The molecule has 0 bridgehead atoms. The molecular weight excluding hydrogens is 265 g/mol. The summed E-state index contributed by atoms with van der Waals surface area (Å²) >= 11 is 2.91. The molecule has 72 valence electrons. The van der Waals surface area contributed by atoms with Crippen LogP contribution < -0.4 is 9.32 Å². The summed E-state index contributed by atoms with van der Waals surface area (Å²) in [6.45, 7) is 0. The molecule has 0 aliphatic heterocycles. The van der Waals surface area contributed by atoms with Gasteiger partial charge in [-0.05, 0) is 28.1 Å². The second kappa shape index (κ2) is 3.60. The summed E-state index contributed by atoms with van der Waals surface area (Å²) in [4.78, 5) is 0. The minimum absolute atomic E-state index is 0.182. The lowest BCUT2D eigenvalue weighted by molar-refractivity contribution is 0.461. The van der Waals surface area contributed by atoms with E-state index < -0.39 is 21.9 Å². The number of rotatable bonds is 2. The van der Waals surface area contributed by atoms with Gasteiger partial charge in [-0.1, -0.05) is 6.07 Å². The van der Waals surface area contributed by atoms with Gasteiger partial charge in [-0.2, -0.15) is 13.6 Å². The Kier molecular flexibility index (Phi) is 2.89. The average molecular weight is 270 g/mol. The van der Waals surface area contributed by atoms with Crippen molar-refractivity contribution >= 4 is 26.2 Å². The zero-order valence-electron chi connectivity index (χ0n) is 6.20. The van der Waals surface area contributed by atoms with Crippen LogP contribution in [-0.4, -0.2) is 8.42 Å². The summed E-state index contributed by atoms with van der Waals surface area (Å²) in [7, 11) is -4.19. The fourth-order valence-electron chi connectivity index (χ4n) is 0.678. The fourth-order valence-corrected chi connectivity index (χ4v) is 1.61. The number of hydrogen-bond donors (Lipinski definition) is 1. The predicted octanol–water partition coefficient (Wildman–Crippen LogP) is 1.17. The summed E-state index contributed by atoms with van der Waals surface area (Å²) < 4.78 is 38.2. The number of halogens is 2. The first-order chi connectivity index (χ1) is 5.90. The molecule has 0 aliphatic carbocycles. The van der Waals surface area contributed by atoms with Crippen molar-refractivity contribution in [3.8, 4) is 5.75 Å². The van der Waals surface area contributed by atoms with Crippen molar-refractivity contribution in [3.63, 3.8) is 0 Å². The van der Waals surface area contributed by atoms with Gasteiger partial charge >= 0.3 is 10.3 Å². The van der Waals surface area contributed by atoms with Crippen LogP contribution in [0, 0.1) is 5.82 Å². The molecule has 7 heteroatoms. The number of hydrogen-bond acceptors (Lipinski definition) is 3. The molecule has 0 aliphatic rings. The van der Waals surface area contributed by atoms with Gasteiger partial charge in [0.05, 0.1) is 4.47 Å². The molecule has 0 radical (unpaired) electrons. The van der Waals surface area contributed by atoms with Crippen LogP contribution in [0.5, 0.6) is 5.75 Å². The molecule has 0 unspecified atom stereocenters. The second-order valence-corrected chi connectivity index (χ2v) is 4.13. The van der Waals surface area contributed by atoms with Gasteiger partial charge in [0.1, 0.15) is 0 Å². The first-order valence-corrected chi connectivity index (χ1v) is 5.33. The van der Waals surface area contributed by atoms with Crippen LogP contribution in [0.15, 0.2) is 22.7 Å². The van der Waals surface area contributed by atoms with Crippen molar-refractivity contribution in [3.05, 3.63) is 28.5 Å². The molecule has 0 heterocycles. The van der Waals surface area contributed by atoms with Crippen LogP contribution in [0.3, 0.4) is 0 Å². The molecule has 0 fully saturated rings. The van der Waals surface area contributed by atoms with Crippen molar-refractivity contribution in [2.45, 2.75) is 0 Å². The maximum Gasteiger partial charge on any atom is 0.380 e. The van der Waals surface area contributed by atoms with Crippen molar-refractivity contribution < 1.29 is 17.0 Å². The summed E-state index contributed by atoms with van der Waals surface area (Å²) in [6.07, 6.45) is 0. The lowest BCUT2D eigenvalue weighted by atomic mass is 10.3. The van der Waals surface area contributed by atoms with E-state index >= 15 is 0 Å². The van der Waals surface area contributed by atoms with Crippen molar-refractivity contribution in [2.75, 3.05) is 0 Å². The average Bonchev–Trinajstić information content (AvgIpc) is 1.95. The van der Waals surface area contributed by atoms with Gasteiger partial charge in [0.15, 0.2) is 11.6 Å². The summed E-state index contributed by atoms with van der Waals surface area (Å²) in [5.74, 6) is -1.24. The van der Waals surface area contributed by atoms with E-state index in [2.05, 4.69) is 25.3 Å². The van der Waals surface area contributed by atoms with E-state index in [1.54, 1.807) is 0 Å². The van der Waals surface area contributed by atoms with E-state index in [9.17, 15) is 12.8 Å². The van der Waals surface area contributed by atoms with Gasteiger partial charge in [0.2, 0.25) is 0 Å². The molecule has 0 saturated carbocycles. The zero-order chi connectivity index (χ0) is 10.1. The Morgan fingerprint density at radius 3 is 2.54 bits per heavy atom. The molecule has 1 aromatic rings. The standard InChI is InChI=1S/C6H5BrFNO3S/c7-4-2-1-3-5(8)6(4)12-13(9,10)11/h1-3H,(H2,9,10,11). The molecule has 1 aromatic carbocycles. The predicted molar refractivity (Wildman–Crippen MR) is 47.8 cm³/mol. The van der Waals surface area contributed by atoms with Gasteiger partial charge in [0, 0.05) is 0 Å². The minimum Gasteiger partial charge on any atom is -0.367 e. The summed E-state index contributed by atoms with van der Waals surface area (Å²) in [6, 6.07) is 3.89. The van der Waals surface area contributed by atoms with Crippen molar-refractivity contribution in [2.24, 2.45) is 5.14 Å². The maximum absolute atomic E-state index is 12.9. The smallest absolute Gasteiger partial charge is 0.367 e. The van der Waals surface area contributed by atoms with Gasteiger partial charge < -0.3 is 4.18 Å². The van der Waals surface area contributed by atoms with Crippen LogP contribution >= 0.6 is 15.9 Å². The van der Waals surface area contributed by atoms with Gasteiger partial charge in [-0.3, -0.25) is 0 Å². The highest BCUT2D eigenvalue weighted by Gasteiger charge is 2.13. The molecule has 1 rings (SSSR count). The van der Waals surface area contributed by atoms with Gasteiger partial charge in [-0.25, -0.2) is 4.39 Å². The summed E-state index contributed by atoms with van der Waals surface area (Å²) in [5.41, 5.74) is 0. The summed E-state index contributed by atoms with van der Waals surface area (Å²) in [5, 5.41) is 4.57. The molecule has 13 heavy (non-hydrogen) atoms. The lowest BCUT2D eigenvalue weighted by Gasteiger charge is -2.04. The molecule has 0 spiro atoms. The van der Waals surface area contributed by atoms with Crippen LogP contribution in [0.1, 0.15) is 0 Å². The largest absolute Gasteiger partial charge is 0.380 e. The van der Waals surface area contributed by atoms with Crippen LogP contribution in [0.4, 0.5) is 4.39 Å². The van der Waals surface area contributed by atoms with Crippen LogP contribution in [-0.2, 0) is 10.3 Å². The van der Waals surface area contributed by atoms with E-state index in [1.165, 1.54) is 12.1 Å². The Morgan fingerprint density at radius 1 is 1.46 bits per heavy atom. The molecular formula is C6H5BrFNO3S. The van der Waals surface area contributed by atoms with Crippen molar-refractivity contribution in [1.29, 1.82) is 0 Å². The highest BCUT2D eigenvalue weighted by atomic mass is 79.9. The van der Waals surface area contributed by atoms with E-state index in [-0.39, 0.29) is 4.47 Å². The molecule has 2 N–H and O–H groups in total. The van der Waals surface area contributed by atoms with Gasteiger partial charge in [0.25, 0.3) is 0 Å². The van der Waals surface area contributed by atoms with Crippen molar-refractivity contribution in [1.82, 2.24) is 0 Å². The Labute approximate surface area is 82.9 Å². The van der Waals surface area contributed by atoms with Crippen LogP contribution in [0.2, 0.25) is 0 Å². The first-order valence-electron chi connectivity index (χ1n) is 3.06.